The highest BCUT2D eigenvalue weighted by molar-refractivity contribution is 6.21. The maximum Gasteiger partial charge on any atom is 0.259 e. The van der Waals surface area contributed by atoms with Crippen LogP contribution >= 0.6 is 0 Å². The summed E-state index contributed by atoms with van der Waals surface area (Å²) in [4.78, 5) is 16.1. The molecule has 0 atom stereocenters. The van der Waals surface area contributed by atoms with E-state index in [9.17, 15) is 4.79 Å². The third-order valence-corrected chi connectivity index (χ3v) is 7.62. The number of nitrogens with two attached hydrogens (primary N) is 1. The maximum absolute atomic E-state index is 14.2. The standard InChI is InChI=1S/C36H26N2O/c37-33-22-28(24-11-4-1-5-12-24)21-32(26-15-8-3-9-16-26)35(33)38-23-27-17-10-18-30-29(25-13-6-2-7-14-25)19-20-31(34(27)30)36(38)39/h1-22H,23,37H2. The van der Waals surface area contributed by atoms with Gasteiger partial charge >= 0.3 is 0 Å². The van der Waals surface area contributed by atoms with E-state index in [0.717, 1.165) is 55.4 Å². The first kappa shape index (κ1) is 23.0. The number of carbonyl (C=O) groups excluding carboxylic acids is 1. The molecule has 1 heterocycles. The molecule has 6 aromatic rings. The molecule has 1 amide bonds. The third kappa shape index (κ3) is 3.87. The summed E-state index contributed by atoms with van der Waals surface area (Å²) >= 11 is 0. The number of nitrogen functional groups attached to an aromatic ring is 1. The van der Waals surface area contributed by atoms with Crippen molar-refractivity contribution in [3.8, 4) is 33.4 Å². The van der Waals surface area contributed by atoms with Crippen molar-refractivity contribution in [2.24, 2.45) is 0 Å². The van der Waals surface area contributed by atoms with Crippen LogP contribution < -0.4 is 10.6 Å². The molecular weight excluding hydrogens is 476 g/mol. The van der Waals surface area contributed by atoms with E-state index in [2.05, 4.69) is 66.7 Å². The Hall–Kier alpha value is -5.15. The Morgan fingerprint density at radius 3 is 1.79 bits per heavy atom. The van der Waals surface area contributed by atoms with Crippen LogP contribution in [0.1, 0.15) is 15.9 Å². The smallest absolute Gasteiger partial charge is 0.259 e. The highest BCUT2D eigenvalue weighted by Crippen LogP contribution is 2.44. The van der Waals surface area contributed by atoms with Gasteiger partial charge in [0, 0.05) is 16.5 Å². The fourth-order valence-corrected chi connectivity index (χ4v) is 5.82. The lowest BCUT2D eigenvalue weighted by molar-refractivity contribution is 0.0984. The molecule has 0 aliphatic carbocycles. The Bertz CT molecular complexity index is 1840. The molecule has 0 saturated carbocycles. The molecule has 0 spiro atoms. The highest BCUT2D eigenvalue weighted by Gasteiger charge is 2.31. The first-order valence-electron chi connectivity index (χ1n) is 13.2. The van der Waals surface area contributed by atoms with E-state index in [1.54, 1.807) is 0 Å². The molecule has 0 aromatic heterocycles. The first-order valence-corrected chi connectivity index (χ1v) is 13.2. The number of hydrogen-bond donors (Lipinski definition) is 1. The Kier molecular flexibility index (Phi) is 5.49. The number of amides is 1. The summed E-state index contributed by atoms with van der Waals surface area (Å²) in [5.74, 6) is -0.0327. The molecule has 1 aliphatic rings. The number of rotatable bonds is 4. The molecule has 39 heavy (non-hydrogen) atoms. The van der Waals surface area contributed by atoms with Crippen LogP contribution in [0.4, 0.5) is 11.4 Å². The van der Waals surface area contributed by atoms with Crippen molar-refractivity contribution in [3.05, 3.63) is 145 Å². The molecule has 0 bridgehead atoms. The fourth-order valence-electron chi connectivity index (χ4n) is 5.82. The second-order valence-corrected chi connectivity index (χ2v) is 9.95. The van der Waals surface area contributed by atoms with Gasteiger partial charge in [-0.2, -0.15) is 0 Å². The summed E-state index contributed by atoms with van der Waals surface area (Å²) < 4.78 is 0. The Balaban J connectivity index is 1.41. The molecule has 0 unspecified atom stereocenters. The predicted molar refractivity (Wildman–Crippen MR) is 162 cm³/mol. The molecule has 3 heteroatoms. The highest BCUT2D eigenvalue weighted by atomic mass is 16.2. The van der Waals surface area contributed by atoms with Crippen LogP contribution in [0.15, 0.2) is 133 Å². The molecule has 1 aliphatic heterocycles. The third-order valence-electron chi connectivity index (χ3n) is 7.62. The van der Waals surface area contributed by atoms with E-state index in [1.807, 2.05) is 71.6 Å². The molecule has 0 saturated heterocycles. The van der Waals surface area contributed by atoms with Gasteiger partial charge in [0.15, 0.2) is 0 Å². The number of benzene rings is 6. The van der Waals surface area contributed by atoms with E-state index < -0.39 is 0 Å². The van der Waals surface area contributed by atoms with Crippen LogP contribution in [0.3, 0.4) is 0 Å². The van der Waals surface area contributed by atoms with Crippen LogP contribution in [-0.2, 0) is 6.54 Å². The van der Waals surface area contributed by atoms with Crippen LogP contribution in [-0.4, -0.2) is 5.91 Å². The summed E-state index contributed by atoms with van der Waals surface area (Å²) in [6, 6.07) is 45.2. The molecule has 186 valence electrons. The van der Waals surface area contributed by atoms with Gasteiger partial charge in [-0.15, -0.1) is 0 Å². The lowest BCUT2D eigenvalue weighted by Gasteiger charge is -2.32. The molecule has 6 aromatic carbocycles. The molecule has 3 nitrogen and oxygen atoms in total. The normalized spacial score (nSPS) is 12.6. The second kappa shape index (κ2) is 9.30. The Labute approximate surface area is 227 Å². The van der Waals surface area contributed by atoms with Gasteiger partial charge in [-0.3, -0.25) is 4.79 Å². The van der Waals surface area contributed by atoms with E-state index in [1.165, 1.54) is 0 Å². The number of carbonyl (C=O) groups is 1. The van der Waals surface area contributed by atoms with E-state index in [-0.39, 0.29) is 5.91 Å². The first-order chi connectivity index (χ1) is 19.2. The minimum atomic E-state index is -0.0327. The summed E-state index contributed by atoms with van der Waals surface area (Å²) in [6.07, 6.45) is 0. The molecule has 7 rings (SSSR count). The summed E-state index contributed by atoms with van der Waals surface area (Å²) in [5.41, 5.74) is 16.3. The number of hydrogen-bond acceptors (Lipinski definition) is 2. The molecule has 2 N–H and O–H groups in total. The van der Waals surface area contributed by atoms with Crippen molar-refractivity contribution in [2.45, 2.75) is 6.54 Å². The van der Waals surface area contributed by atoms with Crippen molar-refractivity contribution in [3.63, 3.8) is 0 Å². The van der Waals surface area contributed by atoms with Gasteiger partial charge in [-0.25, -0.2) is 0 Å². The fraction of sp³-hybridized carbons (Fsp3) is 0.0278. The number of nitrogens with zero attached hydrogens (tertiary/aromatic N) is 1. The van der Waals surface area contributed by atoms with Gasteiger partial charge in [-0.1, -0.05) is 115 Å². The van der Waals surface area contributed by atoms with Gasteiger partial charge < -0.3 is 10.6 Å². The van der Waals surface area contributed by atoms with E-state index >= 15 is 0 Å². The summed E-state index contributed by atoms with van der Waals surface area (Å²) in [5, 5.41) is 2.13. The zero-order valence-corrected chi connectivity index (χ0v) is 21.3. The SMILES string of the molecule is Nc1cc(-c2ccccc2)cc(-c2ccccc2)c1N1Cc2cccc3c(-c4ccccc4)ccc(c23)C1=O. The largest absolute Gasteiger partial charge is 0.397 e. The predicted octanol–water partition coefficient (Wildman–Crippen LogP) is 8.58. The zero-order chi connectivity index (χ0) is 26.3. The van der Waals surface area contributed by atoms with E-state index in [4.69, 9.17) is 5.73 Å². The Morgan fingerprint density at radius 1 is 0.538 bits per heavy atom. The van der Waals surface area contributed by atoms with Crippen LogP contribution in [0.2, 0.25) is 0 Å². The van der Waals surface area contributed by atoms with Gasteiger partial charge in [0.2, 0.25) is 0 Å². The van der Waals surface area contributed by atoms with Crippen LogP contribution in [0.25, 0.3) is 44.2 Å². The second-order valence-electron chi connectivity index (χ2n) is 9.95. The van der Waals surface area contributed by atoms with Crippen LogP contribution in [0, 0.1) is 0 Å². The van der Waals surface area contributed by atoms with Crippen molar-refractivity contribution in [1.29, 1.82) is 0 Å². The quantitative estimate of drug-likeness (QED) is 0.245. The summed E-state index contributed by atoms with van der Waals surface area (Å²) in [7, 11) is 0. The van der Waals surface area contributed by atoms with Gasteiger partial charge in [-0.05, 0) is 57.0 Å². The van der Waals surface area contributed by atoms with Crippen molar-refractivity contribution in [1.82, 2.24) is 0 Å². The van der Waals surface area contributed by atoms with Gasteiger partial charge in [0.1, 0.15) is 0 Å². The average molecular weight is 503 g/mol. The molecule has 0 fully saturated rings. The Morgan fingerprint density at radius 2 is 1.13 bits per heavy atom. The summed E-state index contributed by atoms with van der Waals surface area (Å²) in [6.45, 7) is 0.454. The minimum absolute atomic E-state index is 0.0327. The topological polar surface area (TPSA) is 46.3 Å². The molecular formula is C36H26N2O. The average Bonchev–Trinajstić information content (AvgIpc) is 3.00. The lowest BCUT2D eigenvalue weighted by Crippen LogP contribution is -2.35. The monoisotopic (exact) mass is 502 g/mol. The molecule has 0 radical (unpaired) electrons. The lowest BCUT2D eigenvalue weighted by atomic mass is 9.88. The van der Waals surface area contributed by atoms with Crippen LogP contribution in [0.5, 0.6) is 0 Å². The van der Waals surface area contributed by atoms with Crippen molar-refractivity contribution >= 4 is 28.1 Å². The van der Waals surface area contributed by atoms with Gasteiger partial charge in [0.25, 0.3) is 5.91 Å². The van der Waals surface area contributed by atoms with E-state index in [0.29, 0.717) is 17.8 Å². The van der Waals surface area contributed by atoms with Crippen molar-refractivity contribution < 1.29 is 4.79 Å². The number of anilines is 2. The van der Waals surface area contributed by atoms with Gasteiger partial charge in [0.05, 0.1) is 17.9 Å². The van der Waals surface area contributed by atoms with Crippen molar-refractivity contribution in [2.75, 3.05) is 10.6 Å². The zero-order valence-electron chi connectivity index (χ0n) is 21.3. The minimum Gasteiger partial charge on any atom is -0.397 e. The maximum atomic E-state index is 14.2.